The van der Waals surface area contributed by atoms with Crippen molar-refractivity contribution in [3.8, 4) is 11.5 Å². The molecule has 3 unspecified atom stereocenters. The Kier molecular flexibility index (Phi) is 6.85. The molecule has 2 aromatic carbocycles. The van der Waals surface area contributed by atoms with Gasteiger partial charge >= 0.3 is 0 Å². The second-order valence-electron chi connectivity index (χ2n) is 11.3. The molecule has 37 heavy (non-hydrogen) atoms. The van der Waals surface area contributed by atoms with E-state index >= 15 is 0 Å². The standard InChI is InChI=1S/C17H22N2O.C14H17NO2/c20-17-6-3-13-2-1-11(10-16(13)19-17)7-12-8-14-4-5-15(9-12)18-14;1-3-10-8-16-13-7-6-12-11(14(13)17-10)5-4-9(2)15-12/h1-2,10,12,14-15,18H,3-9H2,(H,19,20);4-7,9-10,15H,3,8H2,1-2H3/t;9?,10-/m.0/s1. The lowest BCUT2D eigenvalue weighted by Crippen LogP contribution is -2.38. The lowest BCUT2D eigenvalue weighted by molar-refractivity contribution is -0.116. The highest BCUT2D eigenvalue weighted by Gasteiger charge is 2.33. The van der Waals surface area contributed by atoms with Gasteiger partial charge < -0.3 is 25.4 Å². The maximum absolute atomic E-state index is 11.5. The first-order chi connectivity index (χ1) is 18.0. The summed E-state index contributed by atoms with van der Waals surface area (Å²) >= 11 is 0. The van der Waals surface area contributed by atoms with E-state index in [1.54, 1.807) is 0 Å². The number of rotatable bonds is 3. The average molecular weight is 502 g/mol. The largest absolute Gasteiger partial charge is 0.486 e. The van der Waals surface area contributed by atoms with Crippen LogP contribution in [0.5, 0.6) is 11.5 Å². The Morgan fingerprint density at radius 3 is 2.68 bits per heavy atom. The van der Waals surface area contributed by atoms with Crippen LogP contribution in [0.2, 0.25) is 0 Å². The van der Waals surface area contributed by atoms with E-state index in [1.165, 1.54) is 36.8 Å². The van der Waals surface area contributed by atoms with Gasteiger partial charge in [-0.1, -0.05) is 31.2 Å². The van der Waals surface area contributed by atoms with Crippen molar-refractivity contribution in [2.24, 2.45) is 5.92 Å². The maximum atomic E-state index is 11.5. The number of piperidine rings is 1. The van der Waals surface area contributed by atoms with Crippen LogP contribution in [0.1, 0.15) is 69.1 Å². The Morgan fingerprint density at radius 2 is 1.86 bits per heavy atom. The summed E-state index contributed by atoms with van der Waals surface area (Å²) in [5, 5.41) is 10.1. The third-order valence-corrected chi connectivity index (χ3v) is 8.42. The fraction of sp³-hybridized carbons (Fsp3) is 0.516. The van der Waals surface area contributed by atoms with Gasteiger partial charge in [0.1, 0.15) is 12.7 Å². The first-order valence-corrected chi connectivity index (χ1v) is 14.1. The minimum atomic E-state index is 0.162. The van der Waals surface area contributed by atoms with E-state index in [2.05, 4.69) is 66.2 Å². The summed E-state index contributed by atoms with van der Waals surface area (Å²) in [6, 6.07) is 12.6. The summed E-state index contributed by atoms with van der Waals surface area (Å²) in [4.78, 5) is 11.5. The normalized spacial score (nSPS) is 28.7. The number of anilines is 2. The lowest BCUT2D eigenvalue weighted by Gasteiger charge is -2.29. The Balaban J connectivity index is 0.000000138. The molecule has 0 spiro atoms. The number of nitrogens with one attached hydrogen (secondary N) is 3. The molecule has 0 radical (unpaired) electrons. The highest BCUT2D eigenvalue weighted by molar-refractivity contribution is 5.94. The van der Waals surface area contributed by atoms with Gasteiger partial charge in [0.15, 0.2) is 11.5 Å². The Morgan fingerprint density at radius 1 is 1.03 bits per heavy atom. The van der Waals surface area contributed by atoms with Crippen LogP contribution in [0, 0.1) is 5.92 Å². The van der Waals surface area contributed by atoms with Crippen molar-refractivity contribution >= 4 is 23.4 Å². The Labute approximate surface area is 220 Å². The summed E-state index contributed by atoms with van der Waals surface area (Å²) in [5.74, 6) is 2.71. The van der Waals surface area contributed by atoms with E-state index in [4.69, 9.17) is 9.47 Å². The van der Waals surface area contributed by atoms with Crippen LogP contribution in [0.25, 0.3) is 6.08 Å². The van der Waals surface area contributed by atoms with Gasteiger partial charge in [-0.2, -0.15) is 0 Å². The third-order valence-electron chi connectivity index (χ3n) is 8.42. The van der Waals surface area contributed by atoms with Gasteiger partial charge in [0.2, 0.25) is 5.91 Å². The average Bonchev–Trinajstić information content (AvgIpc) is 3.25. The van der Waals surface area contributed by atoms with E-state index in [9.17, 15) is 4.79 Å². The number of benzene rings is 2. The number of ether oxygens (including phenoxy) is 2. The number of hydrogen-bond donors (Lipinski definition) is 3. The van der Waals surface area contributed by atoms with Crippen LogP contribution < -0.4 is 25.4 Å². The van der Waals surface area contributed by atoms with Gasteiger partial charge in [-0.15, -0.1) is 0 Å². The molecule has 3 N–H and O–H groups in total. The van der Waals surface area contributed by atoms with Crippen molar-refractivity contribution in [2.45, 2.75) is 89.4 Å². The molecule has 0 saturated carbocycles. The third kappa shape index (κ3) is 5.35. The molecule has 4 atom stereocenters. The monoisotopic (exact) mass is 501 g/mol. The highest BCUT2D eigenvalue weighted by Crippen LogP contribution is 2.42. The fourth-order valence-corrected chi connectivity index (χ4v) is 6.45. The molecule has 5 aliphatic rings. The number of aryl methyl sites for hydroxylation is 1. The summed E-state index contributed by atoms with van der Waals surface area (Å²) in [5.41, 5.74) is 5.96. The van der Waals surface area contributed by atoms with Gasteiger partial charge in [0.25, 0.3) is 0 Å². The van der Waals surface area contributed by atoms with Gasteiger partial charge in [0, 0.05) is 41.5 Å². The number of hydrogen-bond acceptors (Lipinski definition) is 5. The predicted octanol–water partition coefficient (Wildman–Crippen LogP) is 5.71. The van der Waals surface area contributed by atoms with Crippen LogP contribution in [0.3, 0.4) is 0 Å². The summed E-state index contributed by atoms with van der Waals surface area (Å²) in [6.45, 7) is 4.89. The Hall–Kier alpha value is -2.99. The zero-order chi connectivity index (χ0) is 25.4. The Bertz CT molecular complexity index is 1180. The molecule has 2 bridgehead atoms. The van der Waals surface area contributed by atoms with Crippen molar-refractivity contribution in [1.29, 1.82) is 0 Å². The van der Waals surface area contributed by atoms with E-state index in [0.29, 0.717) is 19.1 Å². The summed E-state index contributed by atoms with van der Waals surface area (Å²) in [6.07, 6.45) is 13.4. The number of fused-ring (bicyclic) bond motifs is 6. The summed E-state index contributed by atoms with van der Waals surface area (Å²) < 4.78 is 11.7. The number of amides is 1. The van der Waals surface area contributed by atoms with Crippen molar-refractivity contribution in [3.63, 3.8) is 0 Å². The number of carbonyl (C=O) groups excluding carboxylic acids is 1. The highest BCUT2D eigenvalue weighted by atomic mass is 16.6. The van der Waals surface area contributed by atoms with Crippen molar-refractivity contribution in [1.82, 2.24) is 5.32 Å². The lowest BCUT2D eigenvalue weighted by atomic mass is 9.86. The molecule has 2 saturated heterocycles. The molecule has 0 aliphatic carbocycles. The first-order valence-electron chi connectivity index (χ1n) is 14.1. The first kappa shape index (κ1) is 24.4. The van der Waals surface area contributed by atoms with Crippen LogP contribution >= 0.6 is 0 Å². The van der Waals surface area contributed by atoms with Crippen LogP contribution in [0.4, 0.5) is 11.4 Å². The molecule has 2 aromatic rings. The van der Waals surface area contributed by atoms with Gasteiger partial charge in [0.05, 0.1) is 0 Å². The second-order valence-corrected chi connectivity index (χ2v) is 11.3. The molecule has 2 fully saturated rings. The molecule has 6 nitrogen and oxygen atoms in total. The van der Waals surface area contributed by atoms with E-state index in [0.717, 1.165) is 65.7 Å². The molecule has 196 valence electrons. The zero-order valence-electron chi connectivity index (χ0n) is 22.0. The van der Waals surface area contributed by atoms with Gasteiger partial charge in [-0.05, 0) is 87.1 Å². The van der Waals surface area contributed by atoms with Crippen molar-refractivity contribution in [3.05, 3.63) is 53.1 Å². The van der Waals surface area contributed by atoms with E-state index in [1.807, 2.05) is 6.07 Å². The molecule has 7 rings (SSSR count). The SMILES string of the molecule is CC[C@H]1COc2ccc3c(c2O1)C=CC(C)N3.O=C1CCc2ccc(CC3CC4CCC(C3)N4)cc2N1. The molecule has 1 amide bonds. The molecular formula is C31H39N3O3. The van der Waals surface area contributed by atoms with Crippen LogP contribution in [-0.4, -0.2) is 36.7 Å². The molecular weight excluding hydrogens is 462 g/mol. The minimum absolute atomic E-state index is 0.162. The van der Waals surface area contributed by atoms with E-state index in [-0.39, 0.29) is 12.0 Å². The van der Waals surface area contributed by atoms with Crippen LogP contribution in [0.15, 0.2) is 36.4 Å². The maximum Gasteiger partial charge on any atom is 0.224 e. The molecule has 5 heterocycles. The molecule has 0 aromatic heterocycles. The predicted molar refractivity (Wildman–Crippen MR) is 149 cm³/mol. The van der Waals surface area contributed by atoms with Crippen molar-refractivity contribution < 1.29 is 14.3 Å². The van der Waals surface area contributed by atoms with Crippen LogP contribution in [-0.2, 0) is 17.6 Å². The zero-order valence-corrected chi connectivity index (χ0v) is 22.0. The molecule has 5 aliphatic heterocycles. The quantitative estimate of drug-likeness (QED) is 0.503. The molecule has 6 heteroatoms. The second kappa shape index (κ2) is 10.4. The van der Waals surface area contributed by atoms with Crippen molar-refractivity contribution in [2.75, 3.05) is 17.2 Å². The van der Waals surface area contributed by atoms with Gasteiger partial charge in [-0.3, -0.25) is 4.79 Å². The fourth-order valence-electron chi connectivity index (χ4n) is 6.45. The summed E-state index contributed by atoms with van der Waals surface area (Å²) in [7, 11) is 0. The number of carbonyl (C=O) groups is 1. The topological polar surface area (TPSA) is 71.6 Å². The van der Waals surface area contributed by atoms with E-state index < -0.39 is 0 Å². The minimum Gasteiger partial charge on any atom is -0.486 e. The smallest absolute Gasteiger partial charge is 0.224 e. The van der Waals surface area contributed by atoms with Gasteiger partial charge in [-0.25, -0.2) is 0 Å².